The fourth-order valence-corrected chi connectivity index (χ4v) is 5.04. The summed E-state index contributed by atoms with van der Waals surface area (Å²) < 4.78 is 4.88. The van der Waals surface area contributed by atoms with E-state index in [0.29, 0.717) is 33.0 Å². The second-order valence-electron chi connectivity index (χ2n) is 7.60. The largest absolute Gasteiger partial charge is 0.386 e. The van der Waals surface area contributed by atoms with Gasteiger partial charge in [-0.3, -0.25) is 14.9 Å². The lowest BCUT2D eigenvalue weighted by Gasteiger charge is -2.23. The molecule has 0 fully saturated rings. The molecule has 0 aromatic heterocycles. The van der Waals surface area contributed by atoms with Crippen LogP contribution in [0.3, 0.4) is 0 Å². The fraction of sp³-hybridized carbons (Fsp3) is 0. The molecule has 0 atom stereocenters. The first-order chi connectivity index (χ1) is 14.5. The average molecular weight is 391 g/mol. The number of nitrogens with one attached hydrogen (secondary N) is 1. The van der Waals surface area contributed by atoms with Gasteiger partial charge in [-0.2, -0.15) is 0 Å². The molecule has 6 heteroatoms. The lowest BCUT2D eigenvalue weighted by atomic mass is 9.83. The van der Waals surface area contributed by atoms with Gasteiger partial charge < -0.3 is 4.74 Å². The summed E-state index contributed by atoms with van der Waals surface area (Å²) in [4.78, 5) is 49.5. The third kappa shape index (κ3) is 1.58. The van der Waals surface area contributed by atoms with Crippen molar-refractivity contribution in [1.82, 2.24) is 5.32 Å². The number of imide groups is 1. The second kappa shape index (κ2) is 4.80. The van der Waals surface area contributed by atoms with Crippen LogP contribution in [0.2, 0.25) is 0 Å². The highest BCUT2D eigenvalue weighted by Gasteiger charge is 2.31. The third-order valence-electron chi connectivity index (χ3n) is 6.24. The molecule has 6 nitrogen and oxygen atoms in total. The molecule has 140 valence electrons. The molecule has 0 saturated heterocycles. The van der Waals surface area contributed by atoms with Crippen molar-refractivity contribution in [3.05, 3.63) is 70.8 Å². The van der Waals surface area contributed by atoms with Gasteiger partial charge in [0.1, 0.15) is 0 Å². The van der Waals surface area contributed by atoms with E-state index in [1.54, 1.807) is 24.3 Å². The van der Waals surface area contributed by atoms with Crippen LogP contribution in [0, 0.1) is 0 Å². The van der Waals surface area contributed by atoms with E-state index in [1.165, 1.54) is 0 Å². The van der Waals surface area contributed by atoms with Gasteiger partial charge in [-0.25, -0.2) is 9.59 Å². The van der Waals surface area contributed by atoms with Crippen LogP contribution in [0.25, 0.3) is 43.1 Å². The Morgan fingerprint density at radius 3 is 1.27 bits per heavy atom. The maximum Gasteiger partial charge on any atom is 0.346 e. The number of esters is 2. The molecule has 7 rings (SSSR count). The maximum atomic E-state index is 12.4. The van der Waals surface area contributed by atoms with Crippen molar-refractivity contribution in [3.63, 3.8) is 0 Å². The number of amides is 2. The van der Waals surface area contributed by atoms with Crippen molar-refractivity contribution in [1.29, 1.82) is 0 Å². The average Bonchev–Trinajstić information content (AvgIpc) is 2.74. The monoisotopic (exact) mass is 391 g/mol. The Bertz CT molecular complexity index is 1470. The Labute approximate surface area is 167 Å². The van der Waals surface area contributed by atoms with Gasteiger partial charge >= 0.3 is 11.9 Å². The zero-order valence-corrected chi connectivity index (χ0v) is 15.2. The van der Waals surface area contributed by atoms with Crippen molar-refractivity contribution < 1.29 is 23.9 Å². The van der Waals surface area contributed by atoms with Gasteiger partial charge in [-0.05, 0) is 56.6 Å². The first-order valence-electron chi connectivity index (χ1n) is 9.37. The van der Waals surface area contributed by atoms with Crippen LogP contribution in [-0.2, 0) is 4.74 Å². The van der Waals surface area contributed by atoms with Crippen LogP contribution in [0.4, 0.5) is 0 Å². The van der Waals surface area contributed by atoms with Crippen molar-refractivity contribution in [3.8, 4) is 0 Å². The molecule has 1 N–H and O–H groups in total. The Balaban J connectivity index is 1.82. The molecule has 30 heavy (non-hydrogen) atoms. The highest BCUT2D eigenvalue weighted by molar-refractivity contribution is 6.40. The van der Waals surface area contributed by atoms with Crippen molar-refractivity contribution in [2.75, 3.05) is 0 Å². The van der Waals surface area contributed by atoms with Gasteiger partial charge in [0.25, 0.3) is 11.8 Å². The number of benzene rings is 5. The molecule has 2 amide bonds. The number of hydrogen-bond donors (Lipinski definition) is 1. The Hall–Kier alpha value is -4.32. The smallest absolute Gasteiger partial charge is 0.346 e. The topological polar surface area (TPSA) is 89.5 Å². The van der Waals surface area contributed by atoms with E-state index in [2.05, 4.69) is 5.32 Å². The number of rotatable bonds is 0. The van der Waals surface area contributed by atoms with Crippen molar-refractivity contribution in [2.24, 2.45) is 0 Å². The number of fused-ring (bicyclic) bond motifs is 2. The lowest BCUT2D eigenvalue weighted by molar-refractivity contribution is 0.0390. The first kappa shape index (κ1) is 15.6. The summed E-state index contributed by atoms with van der Waals surface area (Å²) in [5.41, 5.74) is 1.62. The van der Waals surface area contributed by atoms with Gasteiger partial charge in [0.15, 0.2) is 0 Å². The number of carbonyl (C=O) groups excluding carboxylic acids is 4. The van der Waals surface area contributed by atoms with E-state index in [-0.39, 0.29) is 0 Å². The molecule has 0 spiro atoms. The van der Waals surface area contributed by atoms with Gasteiger partial charge in [-0.1, -0.05) is 24.3 Å². The standard InChI is InChI=1S/C24H9NO5/c26-21-13-5-1-9-11-3-7-15-20-16(24(29)30-23(15)28)8-4-12(18(11)20)10-2-6-14(22(27)25-21)19(13)17(9)10/h1-8H,(H,25,26,27). The summed E-state index contributed by atoms with van der Waals surface area (Å²) in [6.45, 7) is 0. The van der Waals surface area contributed by atoms with Crippen LogP contribution in [0.5, 0.6) is 0 Å². The highest BCUT2D eigenvalue weighted by Crippen LogP contribution is 2.45. The maximum absolute atomic E-state index is 12.4. The van der Waals surface area contributed by atoms with Crippen molar-refractivity contribution in [2.45, 2.75) is 0 Å². The summed E-state index contributed by atoms with van der Waals surface area (Å²) in [5, 5.41) is 8.64. The highest BCUT2D eigenvalue weighted by atomic mass is 16.6. The molecule has 0 aliphatic carbocycles. The van der Waals surface area contributed by atoms with Crippen LogP contribution in [0.1, 0.15) is 41.4 Å². The molecular weight excluding hydrogens is 382 g/mol. The van der Waals surface area contributed by atoms with Crippen molar-refractivity contribution >= 4 is 66.8 Å². The van der Waals surface area contributed by atoms with Gasteiger partial charge in [0.2, 0.25) is 0 Å². The van der Waals surface area contributed by atoms with E-state index >= 15 is 0 Å². The lowest BCUT2D eigenvalue weighted by Crippen LogP contribution is -2.34. The number of carbonyl (C=O) groups is 4. The van der Waals surface area contributed by atoms with Crippen LogP contribution >= 0.6 is 0 Å². The predicted molar refractivity (Wildman–Crippen MR) is 109 cm³/mol. The number of hydrogen-bond acceptors (Lipinski definition) is 5. The first-order valence-corrected chi connectivity index (χ1v) is 9.37. The second-order valence-corrected chi connectivity index (χ2v) is 7.60. The van der Waals surface area contributed by atoms with Crippen LogP contribution in [-0.4, -0.2) is 23.8 Å². The zero-order chi connectivity index (χ0) is 20.3. The van der Waals surface area contributed by atoms with E-state index in [0.717, 1.165) is 32.3 Å². The minimum absolute atomic E-state index is 0.355. The predicted octanol–water partition coefficient (Wildman–Crippen LogP) is 3.93. The summed E-state index contributed by atoms with van der Waals surface area (Å²) in [6.07, 6.45) is 0. The summed E-state index contributed by atoms with van der Waals surface area (Å²) >= 11 is 0. The summed E-state index contributed by atoms with van der Waals surface area (Å²) in [7, 11) is 0. The number of cyclic esters (lactones) is 2. The normalized spacial score (nSPS) is 15.5. The molecule has 0 bridgehead atoms. The van der Waals surface area contributed by atoms with E-state index in [1.807, 2.05) is 24.3 Å². The van der Waals surface area contributed by atoms with Gasteiger partial charge in [0.05, 0.1) is 11.1 Å². The molecule has 0 radical (unpaired) electrons. The summed E-state index contributed by atoms with van der Waals surface area (Å²) in [5.74, 6) is -2.15. The SMILES string of the molecule is O=C1NC(=O)c2ccc3c4ccc5c6c(ccc(c7ccc1c2c73)c64)C(=O)OC5=O. The van der Waals surface area contributed by atoms with Crippen LogP contribution in [0.15, 0.2) is 48.5 Å². The van der Waals surface area contributed by atoms with Gasteiger partial charge in [0, 0.05) is 21.9 Å². The molecule has 2 aliphatic heterocycles. The molecule has 5 aromatic carbocycles. The van der Waals surface area contributed by atoms with E-state index < -0.39 is 23.8 Å². The Morgan fingerprint density at radius 1 is 0.467 bits per heavy atom. The van der Waals surface area contributed by atoms with E-state index in [4.69, 9.17) is 4.74 Å². The minimum Gasteiger partial charge on any atom is -0.386 e. The molecule has 5 aromatic rings. The molecule has 2 aliphatic rings. The molecular formula is C24H9NO5. The quantitative estimate of drug-likeness (QED) is 0.142. The fourth-order valence-electron chi connectivity index (χ4n) is 5.04. The molecule has 2 heterocycles. The number of ether oxygens (including phenoxy) is 1. The third-order valence-corrected chi connectivity index (χ3v) is 6.24. The van der Waals surface area contributed by atoms with Crippen LogP contribution < -0.4 is 5.32 Å². The molecule has 0 saturated carbocycles. The van der Waals surface area contributed by atoms with E-state index in [9.17, 15) is 19.2 Å². The Kier molecular flexibility index (Phi) is 2.50. The Morgan fingerprint density at radius 2 is 0.833 bits per heavy atom. The minimum atomic E-state index is -0.658. The van der Waals surface area contributed by atoms with Gasteiger partial charge in [-0.15, -0.1) is 0 Å². The zero-order valence-electron chi connectivity index (χ0n) is 15.2. The molecule has 0 unspecified atom stereocenters. The summed E-state index contributed by atoms with van der Waals surface area (Å²) in [6, 6.07) is 14.1.